The first-order valence-electron chi connectivity index (χ1n) is 8.32. The molecule has 0 fully saturated rings. The Hall–Kier alpha value is -2.70. The number of rotatable bonds is 2. The van der Waals surface area contributed by atoms with Gasteiger partial charge >= 0.3 is 0 Å². The second kappa shape index (κ2) is 5.68. The van der Waals surface area contributed by atoms with Gasteiger partial charge in [-0.05, 0) is 26.8 Å². The summed E-state index contributed by atoms with van der Waals surface area (Å²) in [6, 6.07) is 4.92. The average Bonchev–Trinajstić information content (AvgIpc) is 3.01. The molecule has 0 radical (unpaired) electrons. The zero-order valence-electron chi connectivity index (χ0n) is 14.5. The molecule has 1 aromatic carbocycles. The first-order valence-corrected chi connectivity index (χ1v) is 8.32. The minimum absolute atomic E-state index is 0.0736. The number of fused-ring (bicyclic) bond motifs is 2. The zero-order valence-corrected chi connectivity index (χ0v) is 14.5. The number of para-hydroxylation sites is 1. The summed E-state index contributed by atoms with van der Waals surface area (Å²) in [5.74, 6) is 0.682. The van der Waals surface area contributed by atoms with Gasteiger partial charge in [-0.15, -0.1) is 0 Å². The highest BCUT2D eigenvalue weighted by molar-refractivity contribution is 5.86. The third kappa shape index (κ3) is 2.69. The maximum atomic E-state index is 14.0. The number of aromatic nitrogens is 4. The highest BCUT2D eigenvalue weighted by Crippen LogP contribution is 2.36. The zero-order chi connectivity index (χ0) is 17.6. The van der Waals surface area contributed by atoms with E-state index in [1.165, 1.54) is 12.4 Å². The van der Waals surface area contributed by atoms with Crippen LogP contribution in [0.15, 0.2) is 30.7 Å². The number of halogens is 1. The van der Waals surface area contributed by atoms with Crippen LogP contribution in [-0.2, 0) is 5.54 Å². The predicted molar refractivity (Wildman–Crippen MR) is 93.2 cm³/mol. The van der Waals surface area contributed by atoms with E-state index in [0.717, 1.165) is 23.0 Å². The van der Waals surface area contributed by atoms with E-state index in [-0.39, 0.29) is 17.4 Å². The van der Waals surface area contributed by atoms with E-state index in [1.807, 2.05) is 10.7 Å². The van der Waals surface area contributed by atoms with Crippen LogP contribution in [0.5, 0.6) is 5.75 Å². The van der Waals surface area contributed by atoms with Crippen LogP contribution in [-0.4, -0.2) is 26.4 Å². The van der Waals surface area contributed by atoms with Crippen molar-refractivity contribution < 1.29 is 9.13 Å². The number of nitrogens with one attached hydrogen (secondary N) is 1. The van der Waals surface area contributed by atoms with Crippen molar-refractivity contribution in [2.24, 2.45) is 0 Å². The highest BCUT2D eigenvalue weighted by Gasteiger charge is 2.26. The Kier molecular flexibility index (Phi) is 3.59. The van der Waals surface area contributed by atoms with Crippen molar-refractivity contribution in [2.45, 2.75) is 38.8 Å². The quantitative estimate of drug-likeness (QED) is 0.771. The smallest absolute Gasteiger partial charge is 0.165 e. The van der Waals surface area contributed by atoms with Crippen molar-refractivity contribution in [1.29, 1.82) is 0 Å². The van der Waals surface area contributed by atoms with Gasteiger partial charge in [0.2, 0.25) is 0 Å². The van der Waals surface area contributed by atoms with Gasteiger partial charge in [0.1, 0.15) is 12.1 Å². The lowest BCUT2D eigenvalue weighted by molar-refractivity contribution is 0.260. The molecule has 0 spiro atoms. The lowest BCUT2D eigenvalue weighted by Crippen LogP contribution is -2.23. The molecule has 3 heterocycles. The van der Waals surface area contributed by atoms with Crippen molar-refractivity contribution in [3.63, 3.8) is 0 Å². The average molecular weight is 341 g/mol. The monoisotopic (exact) mass is 341 g/mol. The Labute approximate surface area is 145 Å². The van der Waals surface area contributed by atoms with E-state index in [2.05, 4.69) is 41.2 Å². The van der Waals surface area contributed by atoms with Gasteiger partial charge in [-0.1, -0.05) is 12.1 Å². The van der Waals surface area contributed by atoms with Crippen LogP contribution in [0.25, 0.3) is 11.0 Å². The second-order valence-corrected chi connectivity index (χ2v) is 7.18. The van der Waals surface area contributed by atoms with Crippen LogP contribution in [0.2, 0.25) is 0 Å². The fraction of sp³-hybridized carbons (Fsp3) is 0.389. The third-order valence-electron chi connectivity index (χ3n) is 4.34. The van der Waals surface area contributed by atoms with E-state index >= 15 is 0 Å². The molecule has 25 heavy (non-hydrogen) atoms. The second-order valence-electron chi connectivity index (χ2n) is 7.18. The van der Waals surface area contributed by atoms with E-state index in [1.54, 1.807) is 12.3 Å². The molecule has 6 nitrogen and oxygen atoms in total. The van der Waals surface area contributed by atoms with Crippen LogP contribution in [0.1, 0.15) is 38.8 Å². The lowest BCUT2D eigenvalue weighted by Gasteiger charge is -2.27. The molecule has 0 amide bonds. The Morgan fingerprint density at radius 3 is 2.92 bits per heavy atom. The van der Waals surface area contributed by atoms with Gasteiger partial charge in [0.05, 0.1) is 29.8 Å². The molecule has 0 unspecified atom stereocenters. The first kappa shape index (κ1) is 15.8. The van der Waals surface area contributed by atoms with Crippen molar-refractivity contribution in [3.05, 3.63) is 42.1 Å². The van der Waals surface area contributed by atoms with Gasteiger partial charge in [0.25, 0.3) is 0 Å². The van der Waals surface area contributed by atoms with Crippen LogP contribution in [0, 0.1) is 5.82 Å². The molecule has 3 aromatic rings. The molecule has 1 N–H and O–H groups in total. The summed E-state index contributed by atoms with van der Waals surface area (Å²) >= 11 is 0. The fourth-order valence-electron chi connectivity index (χ4n) is 3.15. The molecule has 1 aliphatic heterocycles. The molecule has 0 aliphatic carbocycles. The maximum absolute atomic E-state index is 14.0. The number of benzene rings is 1. The Morgan fingerprint density at radius 1 is 1.28 bits per heavy atom. The number of hydrogen-bond donors (Lipinski definition) is 1. The number of ether oxygens (including phenoxy) is 1. The third-order valence-corrected chi connectivity index (χ3v) is 4.34. The summed E-state index contributed by atoms with van der Waals surface area (Å²) in [5.41, 5.74) is 1.40. The van der Waals surface area contributed by atoms with Crippen LogP contribution in [0.4, 0.5) is 10.2 Å². The molecule has 0 saturated heterocycles. The van der Waals surface area contributed by atoms with E-state index in [0.29, 0.717) is 18.2 Å². The lowest BCUT2D eigenvalue weighted by atomic mass is 10.00. The van der Waals surface area contributed by atoms with E-state index in [4.69, 9.17) is 4.74 Å². The van der Waals surface area contributed by atoms with Gasteiger partial charge in [-0.3, -0.25) is 0 Å². The van der Waals surface area contributed by atoms with Crippen molar-refractivity contribution in [2.75, 3.05) is 11.9 Å². The Bertz CT molecular complexity index is 931. The summed E-state index contributed by atoms with van der Waals surface area (Å²) in [4.78, 5) is 8.77. The molecule has 0 bridgehead atoms. The molecule has 2 aromatic heterocycles. The van der Waals surface area contributed by atoms with Crippen molar-refractivity contribution >= 4 is 16.9 Å². The minimum atomic E-state index is -0.336. The fourth-order valence-corrected chi connectivity index (χ4v) is 3.15. The van der Waals surface area contributed by atoms with Gasteiger partial charge in [-0.2, -0.15) is 5.10 Å². The first-order chi connectivity index (χ1) is 11.9. The van der Waals surface area contributed by atoms with Crippen LogP contribution >= 0.6 is 0 Å². The van der Waals surface area contributed by atoms with Crippen molar-refractivity contribution in [3.8, 4) is 5.75 Å². The topological polar surface area (TPSA) is 64.9 Å². The van der Waals surface area contributed by atoms with Gasteiger partial charge < -0.3 is 10.1 Å². The minimum Gasteiger partial charge on any atom is -0.490 e. The Morgan fingerprint density at radius 2 is 2.12 bits per heavy atom. The maximum Gasteiger partial charge on any atom is 0.165 e. The summed E-state index contributed by atoms with van der Waals surface area (Å²) in [6.45, 7) is 6.69. The molecule has 130 valence electrons. The number of anilines is 1. The standard InChI is InChI=1S/C18H20FN5O/c1-18(2,3)24-17-12(9-22-24)16(20-10-21-17)23-14-7-8-25-15-11(14)5-4-6-13(15)19/h4-6,9-10,14H,7-8H2,1-3H3,(H,20,21,23)/t14-/m0/s1. The van der Waals surface area contributed by atoms with E-state index < -0.39 is 0 Å². The van der Waals surface area contributed by atoms with E-state index in [9.17, 15) is 4.39 Å². The molecular formula is C18H20FN5O. The molecule has 4 rings (SSSR count). The van der Waals surface area contributed by atoms with Crippen LogP contribution in [0.3, 0.4) is 0 Å². The molecule has 1 aliphatic rings. The summed E-state index contributed by atoms with van der Waals surface area (Å²) in [6.07, 6.45) is 4.03. The molecule has 7 heteroatoms. The molecular weight excluding hydrogens is 321 g/mol. The molecule has 0 saturated carbocycles. The van der Waals surface area contributed by atoms with Gasteiger partial charge in [0.15, 0.2) is 17.2 Å². The Balaban J connectivity index is 1.74. The SMILES string of the molecule is CC(C)(C)n1ncc2c(N[C@H]3CCOc4c(F)cccc43)ncnc21. The van der Waals surface area contributed by atoms with Gasteiger partial charge in [-0.25, -0.2) is 19.0 Å². The van der Waals surface area contributed by atoms with Crippen LogP contribution < -0.4 is 10.1 Å². The largest absolute Gasteiger partial charge is 0.490 e. The van der Waals surface area contributed by atoms with Gasteiger partial charge in [0, 0.05) is 12.0 Å². The summed E-state index contributed by atoms with van der Waals surface area (Å²) in [7, 11) is 0. The molecule has 1 atom stereocenters. The summed E-state index contributed by atoms with van der Waals surface area (Å²) in [5, 5.41) is 8.74. The van der Waals surface area contributed by atoms with Crippen molar-refractivity contribution in [1.82, 2.24) is 19.7 Å². The number of nitrogens with zero attached hydrogens (tertiary/aromatic N) is 4. The highest BCUT2D eigenvalue weighted by atomic mass is 19.1. The summed E-state index contributed by atoms with van der Waals surface area (Å²) < 4.78 is 21.4. The predicted octanol–water partition coefficient (Wildman–Crippen LogP) is 3.66. The number of hydrogen-bond acceptors (Lipinski definition) is 5. The normalized spacial score (nSPS) is 17.2.